The van der Waals surface area contributed by atoms with Gasteiger partial charge in [0.2, 0.25) is 0 Å². The van der Waals surface area contributed by atoms with Gasteiger partial charge in [-0.2, -0.15) is 0 Å². The quantitative estimate of drug-likeness (QED) is 0.600. The summed E-state index contributed by atoms with van der Waals surface area (Å²) in [6.07, 6.45) is 0. The van der Waals surface area contributed by atoms with Crippen LogP contribution in [0.2, 0.25) is 0 Å². The molecule has 0 aromatic rings. The standard InChI is InChI=1S/Cl2N.Pt/c1-3-2;/q-1;+1. The second kappa shape index (κ2) is 2.46. The van der Waals surface area contributed by atoms with Crippen molar-refractivity contribution in [3.8, 4) is 0 Å². The molecule has 0 aromatic carbocycles. The summed E-state index contributed by atoms with van der Waals surface area (Å²) in [6, 6.07) is 0. The Balaban J connectivity index is 2.32. The number of hydrogen-bond acceptors (Lipinski definition) is 1. The first-order valence-corrected chi connectivity index (χ1v) is 2.17. The first-order valence-electron chi connectivity index (χ1n) is 0.479. The van der Waals surface area contributed by atoms with Crippen LogP contribution in [0.4, 0.5) is 0 Å². The first kappa shape index (κ1) is 5.23. The summed E-state index contributed by atoms with van der Waals surface area (Å²) >= 11 is 11.4. The van der Waals surface area contributed by atoms with Crippen molar-refractivity contribution >= 4 is 23.6 Å². The third kappa shape index (κ3) is 10.6. The molecule has 0 amide bonds. The summed E-state index contributed by atoms with van der Waals surface area (Å²) in [5.41, 5.74) is 0. The fraction of sp³-hybridized carbons (Fsp3) is 0. The molecule has 0 radical (unpaired) electrons. The summed E-state index contributed by atoms with van der Waals surface area (Å²) in [5.74, 6) is 0. The molecule has 29 valence electrons. The van der Waals surface area contributed by atoms with Crippen LogP contribution in [0.3, 0.4) is 0 Å². The van der Waals surface area contributed by atoms with Gasteiger partial charge < -0.3 is 0 Å². The van der Waals surface area contributed by atoms with Crippen molar-refractivity contribution in [2.45, 2.75) is 0 Å². The predicted molar refractivity (Wildman–Crippen MR) is 13.5 cm³/mol. The Hall–Kier alpha value is 1.23. The third-order valence-corrected chi connectivity index (χ3v) is 0. The van der Waals surface area contributed by atoms with Crippen molar-refractivity contribution in [3.63, 3.8) is 0 Å². The van der Waals surface area contributed by atoms with E-state index in [1.165, 1.54) is 0 Å². The van der Waals surface area contributed by atoms with Gasteiger partial charge in [0.05, 0.1) is 0 Å². The minimum absolute atomic E-state index is 0.917. The zero-order chi connectivity index (χ0) is 3.58. The van der Waals surface area contributed by atoms with E-state index >= 15 is 0 Å². The monoisotopic (exact) mass is 279 g/mol. The molecule has 0 unspecified atom stereocenters. The van der Waals surface area contributed by atoms with E-state index in [0.717, 1.165) is 2.50 Å². The van der Waals surface area contributed by atoms with E-state index in [1.807, 2.05) is 0 Å². The number of rotatable bonds is 0. The Morgan fingerprint density at radius 2 is 1.50 bits per heavy atom. The molecule has 0 rings (SSSR count). The summed E-state index contributed by atoms with van der Waals surface area (Å²) in [7, 11) is 0. The molecule has 1 nitrogen and oxygen atoms in total. The summed E-state index contributed by atoms with van der Waals surface area (Å²) < 4.78 is 0.917. The molecule has 0 saturated carbocycles. The summed E-state index contributed by atoms with van der Waals surface area (Å²) in [5, 5.41) is 0. The van der Waals surface area contributed by atoms with E-state index in [9.17, 15) is 0 Å². The molecule has 0 aliphatic rings. The Labute approximate surface area is 46.3 Å². The Morgan fingerprint density at radius 1 is 1.50 bits per heavy atom. The Kier molecular flexibility index (Phi) is 3.22. The van der Waals surface area contributed by atoms with Crippen molar-refractivity contribution in [1.82, 2.24) is 2.50 Å². The molecule has 0 aromatic heterocycles. The van der Waals surface area contributed by atoms with E-state index < -0.39 is 0 Å². The molecular weight excluding hydrogens is 280 g/mol. The molecule has 0 aliphatic carbocycles. The molecule has 0 heterocycles. The van der Waals surface area contributed by atoms with Gasteiger partial charge in [-0.25, -0.2) is 0 Å². The van der Waals surface area contributed by atoms with Gasteiger partial charge in [-0.05, 0) is 0 Å². The second-order valence-electron chi connectivity index (χ2n) is 0.171. The zero-order valence-electron chi connectivity index (χ0n) is 1.52. The van der Waals surface area contributed by atoms with E-state index in [-0.39, 0.29) is 0 Å². The number of halogens is 2. The SMILES string of the molecule is Cl[N](Cl)[Pt]. The van der Waals surface area contributed by atoms with Gasteiger partial charge >= 0.3 is 46.1 Å². The van der Waals surface area contributed by atoms with E-state index in [1.54, 1.807) is 20.1 Å². The second-order valence-corrected chi connectivity index (χ2v) is 3.20. The van der Waals surface area contributed by atoms with Crippen molar-refractivity contribution in [2.24, 2.45) is 0 Å². The summed E-state index contributed by atoms with van der Waals surface area (Å²) in [4.78, 5) is 0. The van der Waals surface area contributed by atoms with Crippen LogP contribution in [-0.2, 0) is 20.1 Å². The molecule has 0 aliphatic heterocycles. The fourth-order valence-electron chi connectivity index (χ4n) is 0. The fourth-order valence-corrected chi connectivity index (χ4v) is 0. The van der Waals surface area contributed by atoms with Crippen LogP contribution in [0.5, 0.6) is 0 Å². The first-order chi connectivity index (χ1) is 1.73. The number of nitrogens with zero attached hydrogens (tertiary/aromatic N) is 1. The maximum absolute atomic E-state index is 4.86. The van der Waals surface area contributed by atoms with Gasteiger partial charge in [0.15, 0.2) is 0 Å². The maximum atomic E-state index is 4.86. The van der Waals surface area contributed by atoms with Crippen LogP contribution in [0.25, 0.3) is 0 Å². The molecule has 0 bridgehead atoms. The van der Waals surface area contributed by atoms with Gasteiger partial charge in [0, 0.05) is 0 Å². The molecular formula is Cl2NPt. The molecule has 0 atom stereocenters. The van der Waals surface area contributed by atoms with Gasteiger partial charge in [-0.1, -0.05) is 0 Å². The summed E-state index contributed by atoms with van der Waals surface area (Å²) in [6.45, 7) is 0. The van der Waals surface area contributed by atoms with Gasteiger partial charge in [-0.3, -0.25) is 0 Å². The third-order valence-electron chi connectivity index (χ3n) is 0. The molecule has 0 saturated heterocycles. The Bertz CT molecular complexity index is 10.8. The van der Waals surface area contributed by atoms with E-state index in [0.29, 0.717) is 0 Å². The van der Waals surface area contributed by atoms with Crippen LogP contribution < -0.4 is 0 Å². The Morgan fingerprint density at radius 3 is 1.50 bits per heavy atom. The van der Waals surface area contributed by atoms with Crippen LogP contribution in [0, 0.1) is 0 Å². The molecule has 4 heavy (non-hydrogen) atoms. The topological polar surface area (TPSA) is 3.24 Å². The van der Waals surface area contributed by atoms with Crippen molar-refractivity contribution in [2.75, 3.05) is 0 Å². The van der Waals surface area contributed by atoms with Crippen LogP contribution in [0.15, 0.2) is 0 Å². The average Bonchev–Trinajstić information content (AvgIpc) is 0.811. The molecule has 0 fully saturated rings. The van der Waals surface area contributed by atoms with Gasteiger partial charge in [0.25, 0.3) is 0 Å². The van der Waals surface area contributed by atoms with Crippen LogP contribution >= 0.6 is 23.6 Å². The molecule has 0 spiro atoms. The van der Waals surface area contributed by atoms with E-state index in [4.69, 9.17) is 23.6 Å². The predicted octanol–water partition coefficient (Wildman–Crippen LogP) is 1.06. The molecule has 4 heteroatoms. The van der Waals surface area contributed by atoms with Crippen molar-refractivity contribution < 1.29 is 20.1 Å². The molecule has 0 N–H and O–H groups in total. The number of hydrogen-bond donors (Lipinski definition) is 0. The van der Waals surface area contributed by atoms with Crippen LogP contribution in [-0.4, -0.2) is 2.50 Å². The average molecular weight is 280 g/mol. The zero-order valence-corrected chi connectivity index (χ0v) is 5.30. The minimum atomic E-state index is 0.917. The van der Waals surface area contributed by atoms with Gasteiger partial charge in [-0.15, -0.1) is 0 Å². The van der Waals surface area contributed by atoms with Crippen LogP contribution in [0.1, 0.15) is 0 Å². The van der Waals surface area contributed by atoms with E-state index in [2.05, 4.69) is 0 Å². The van der Waals surface area contributed by atoms with Crippen molar-refractivity contribution in [3.05, 3.63) is 0 Å². The van der Waals surface area contributed by atoms with Gasteiger partial charge in [0.1, 0.15) is 0 Å². The van der Waals surface area contributed by atoms with Crippen molar-refractivity contribution in [1.29, 1.82) is 0 Å². The normalized spacial score (nSPS) is 9.25.